The van der Waals surface area contributed by atoms with Crippen LogP contribution >= 0.6 is 0 Å². The molecular formula is C27H22N2O4S2. The molecule has 0 aliphatic carbocycles. The van der Waals surface area contributed by atoms with Crippen LogP contribution in [0.3, 0.4) is 0 Å². The van der Waals surface area contributed by atoms with Crippen molar-refractivity contribution in [3.8, 4) is 0 Å². The van der Waals surface area contributed by atoms with E-state index in [4.69, 9.17) is 0 Å². The van der Waals surface area contributed by atoms with Crippen LogP contribution in [0.1, 0.15) is 6.42 Å². The highest BCUT2D eigenvalue weighted by Gasteiger charge is 2.35. The fraction of sp³-hybridized carbons (Fsp3) is 0.111. The molecule has 0 saturated heterocycles. The molecule has 2 heterocycles. The van der Waals surface area contributed by atoms with Gasteiger partial charge in [0.15, 0.2) is 0 Å². The molecule has 0 N–H and O–H groups in total. The van der Waals surface area contributed by atoms with Crippen molar-refractivity contribution in [3.05, 3.63) is 97.1 Å². The topological polar surface area (TPSA) is 74.8 Å². The van der Waals surface area contributed by atoms with Crippen molar-refractivity contribution >= 4 is 42.4 Å². The Morgan fingerprint density at radius 1 is 0.429 bits per heavy atom. The van der Waals surface area contributed by atoms with E-state index in [-0.39, 0.29) is 0 Å². The van der Waals surface area contributed by atoms with Crippen molar-refractivity contribution in [1.29, 1.82) is 0 Å². The summed E-state index contributed by atoms with van der Waals surface area (Å²) in [6, 6.07) is 28.3. The lowest BCUT2D eigenvalue weighted by atomic mass is 10.2. The molecule has 0 radical (unpaired) electrons. The van der Waals surface area contributed by atoms with Crippen molar-refractivity contribution in [1.82, 2.24) is 0 Å². The Balaban J connectivity index is 1.36. The predicted octanol–water partition coefficient (Wildman–Crippen LogP) is 5.35. The molecule has 0 aromatic heterocycles. The van der Waals surface area contributed by atoms with Gasteiger partial charge in [0.1, 0.15) is 0 Å². The lowest BCUT2D eigenvalue weighted by molar-refractivity contribution is 0.593. The van der Waals surface area contributed by atoms with Gasteiger partial charge >= 0.3 is 0 Å². The third kappa shape index (κ3) is 3.28. The zero-order chi connectivity index (χ0) is 24.2. The first-order chi connectivity index (χ1) is 16.9. The van der Waals surface area contributed by atoms with E-state index in [1.807, 2.05) is 58.3 Å². The van der Waals surface area contributed by atoms with Crippen LogP contribution in [0.4, 0.5) is 22.7 Å². The maximum absolute atomic E-state index is 13.2. The van der Waals surface area contributed by atoms with Crippen LogP contribution in [0.15, 0.2) is 117 Å². The van der Waals surface area contributed by atoms with Crippen molar-refractivity contribution in [2.24, 2.45) is 0 Å². The molecule has 0 spiro atoms. The van der Waals surface area contributed by atoms with Crippen molar-refractivity contribution in [2.45, 2.75) is 26.0 Å². The molecule has 4 aromatic carbocycles. The normalized spacial score (nSPS) is 16.6. The summed E-state index contributed by atoms with van der Waals surface area (Å²) < 4.78 is 52.8. The monoisotopic (exact) mass is 502 g/mol. The van der Waals surface area contributed by atoms with E-state index in [9.17, 15) is 16.8 Å². The van der Waals surface area contributed by atoms with Crippen LogP contribution in [0.5, 0.6) is 0 Å². The molecule has 0 amide bonds. The van der Waals surface area contributed by atoms with E-state index in [1.165, 1.54) is 0 Å². The first kappa shape index (κ1) is 21.9. The molecule has 35 heavy (non-hydrogen) atoms. The standard InChI is InChI=1S/C27H22N2O4S2/c30-34(31)24-14-5-1-10-20(24)28(21-11-2-6-15-25(21)34)18-9-19-29-22-12-3-7-16-26(22)35(32,33)27-17-8-4-13-23(27)29/h1-8,10-17H,9,18-19H2. The molecule has 4 aromatic rings. The molecule has 0 saturated carbocycles. The van der Waals surface area contributed by atoms with Gasteiger partial charge in [-0.25, -0.2) is 16.8 Å². The first-order valence-corrected chi connectivity index (χ1v) is 14.3. The van der Waals surface area contributed by atoms with Gasteiger partial charge in [0.25, 0.3) is 0 Å². The zero-order valence-electron chi connectivity index (χ0n) is 18.7. The fourth-order valence-corrected chi connectivity index (χ4v) is 8.31. The minimum absolute atomic E-state index is 0.304. The van der Waals surface area contributed by atoms with Gasteiger partial charge in [-0.3, -0.25) is 0 Å². The third-order valence-corrected chi connectivity index (χ3v) is 10.2. The Morgan fingerprint density at radius 2 is 0.686 bits per heavy atom. The SMILES string of the molecule is O=S1(=O)c2ccccc2N(CCCN2c3ccccc3S(=O)(=O)c3ccccc32)c2ccccc21. The number of hydrogen-bond acceptors (Lipinski definition) is 6. The fourth-order valence-electron chi connectivity index (χ4n) is 4.99. The Labute approximate surface area is 204 Å². The molecule has 0 atom stereocenters. The van der Waals surface area contributed by atoms with Gasteiger partial charge in [-0.05, 0) is 55.0 Å². The maximum atomic E-state index is 13.2. The Bertz CT molecular complexity index is 1450. The predicted molar refractivity (Wildman–Crippen MR) is 135 cm³/mol. The number of hydrogen-bond donors (Lipinski definition) is 0. The summed E-state index contributed by atoms with van der Waals surface area (Å²) >= 11 is 0. The number of para-hydroxylation sites is 4. The second kappa shape index (κ2) is 7.96. The average Bonchev–Trinajstić information content (AvgIpc) is 2.88. The Hall–Kier alpha value is -3.62. The molecule has 0 bridgehead atoms. The second-order valence-electron chi connectivity index (χ2n) is 8.53. The molecule has 2 aliphatic rings. The van der Waals surface area contributed by atoms with Crippen molar-refractivity contribution in [3.63, 3.8) is 0 Å². The van der Waals surface area contributed by atoms with Gasteiger partial charge in [-0.1, -0.05) is 48.5 Å². The number of rotatable bonds is 4. The number of anilines is 4. The second-order valence-corrected chi connectivity index (χ2v) is 12.3. The molecule has 0 fully saturated rings. The number of nitrogens with zero attached hydrogens (tertiary/aromatic N) is 2. The van der Waals surface area contributed by atoms with E-state index in [1.54, 1.807) is 48.5 Å². The summed E-state index contributed by atoms with van der Waals surface area (Å²) in [4.78, 5) is 5.31. The van der Waals surface area contributed by atoms with Crippen LogP contribution in [0, 0.1) is 0 Å². The van der Waals surface area contributed by atoms with Gasteiger partial charge in [-0.15, -0.1) is 0 Å². The Morgan fingerprint density at radius 3 is 0.971 bits per heavy atom. The highest BCUT2D eigenvalue weighted by atomic mass is 32.2. The summed E-state index contributed by atoms with van der Waals surface area (Å²) in [6.07, 6.45) is 0.672. The molecular weight excluding hydrogens is 480 g/mol. The largest absolute Gasteiger partial charge is 0.339 e. The van der Waals surface area contributed by atoms with Crippen LogP contribution in [-0.4, -0.2) is 29.9 Å². The van der Waals surface area contributed by atoms with E-state index in [2.05, 4.69) is 0 Å². The van der Waals surface area contributed by atoms with Crippen LogP contribution < -0.4 is 9.80 Å². The minimum Gasteiger partial charge on any atom is -0.339 e. The van der Waals surface area contributed by atoms with E-state index in [0.29, 0.717) is 61.8 Å². The van der Waals surface area contributed by atoms with E-state index in [0.717, 1.165) is 0 Å². The Kier molecular flexibility index (Phi) is 4.98. The summed E-state index contributed by atoms with van der Waals surface area (Å²) in [5, 5.41) is 0. The van der Waals surface area contributed by atoms with Crippen LogP contribution in [-0.2, 0) is 19.7 Å². The lowest BCUT2D eigenvalue weighted by Crippen LogP contribution is -2.31. The molecule has 8 heteroatoms. The lowest BCUT2D eigenvalue weighted by Gasteiger charge is -2.35. The van der Waals surface area contributed by atoms with Gasteiger partial charge in [0.2, 0.25) is 19.7 Å². The number of fused-ring (bicyclic) bond motifs is 4. The van der Waals surface area contributed by atoms with Gasteiger partial charge in [0.05, 0.1) is 42.3 Å². The summed E-state index contributed by atoms with van der Waals surface area (Å²) in [5.74, 6) is 0. The molecule has 6 rings (SSSR count). The van der Waals surface area contributed by atoms with Gasteiger partial charge in [0, 0.05) is 13.1 Å². The smallest absolute Gasteiger partial charge is 0.210 e. The molecule has 6 nitrogen and oxygen atoms in total. The first-order valence-electron chi connectivity index (χ1n) is 11.3. The van der Waals surface area contributed by atoms with Crippen molar-refractivity contribution < 1.29 is 16.8 Å². The summed E-state index contributed by atoms with van der Waals surface area (Å²) in [6.45, 7) is 1.13. The highest BCUT2D eigenvalue weighted by Crippen LogP contribution is 2.45. The van der Waals surface area contributed by atoms with E-state index < -0.39 is 19.7 Å². The zero-order valence-corrected chi connectivity index (χ0v) is 20.3. The summed E-state index contributed by atoms with van der Waals surface area (Å²) in [7, 11) is -7.18. The van der Waals surface area contributed by atoms with Crippen LogP contribution in [0.2, 0.25) is 0 Å². The number of sulfone groups is 2. The summed E-state index contributed by atoms with van der Waals surface area (Å²) in [5.41, 5.74) is 2.64. The highest BCUT2D eigenvalue weighted by molar-refractivity contribution is 7.92. The third-order valence-electron chi connectivity index (χ3n) is 6.55. The average molecular weight is 503 g/mol. The molecule has 0 unspecified atom stereocenters. The quantitative estimate of drug-likeness (QED) is 0.375. The molecule has 176 valence electrons. The molecule has 2 aliphatic heterocycles. The van der Waals surface area contributed by atoms with Gasteiger partial charge in [-0.2, -0.15) is 0 Å². The minimum atomic E-state index is -3.59. The van der Waals surface area contributed by atoms with E-state index >= 15 is 0 Å². The number of benzene rings is 4. The van der Waals surface area contributed by atoms with Gasteiger partial charge < -0.3 is 9.80 Å². The maximum Gasteiger partial charge on any atom is 0.210 e. The van der Waals surface area contributed by atoms with Crippen molar-refractivity contribution in [2.75, 3.05) is 22.9 Å². The van der Waals surface area contributed by atoms with Crippen LogP contribution in [0.25, 0.3) is 0 Å².